The van der Waals surface area contributed by atoms with Crippen LogP contribution >= 0.6 is 0 Å². The number of hydrogen-bond acceptors (Lipinski definition) is 3. The number of nitrogens with zero attached hydrogens (tertiary/aromatic N) is 2. The van der Waals surface area contributed by atoms with Crippen molar-refractivity contribution >= 4 is 27.6 Å². The maximum atomic E-state index is 12.4. The maximum Gasteiger partial charge on any atom is 0.252 e. The molecule has 31 heavy (non-hydrogen) atoms. The molecule has 5 rings (SSSR count). The van der Waals surface area contributed by atoms with E-state index in [9.17, 15) is 4.79 Å². The van der Waals surface area contributed by atoms with Crippen molar-refractivity contribution in [3.63, 3.8) is 0 Å². The van der Waals surface area contributed by atoms with Gasteiger partial charge in [0.05, 0.1) is 11.1 Å². The fourth-order valence-corrected chi connectivity index (χ4v) is 4.56. The Hall–Kier alpha value is -3.24. The van der Waals surface area contributed by atoms with E-state index in [2.05, 4.69) is 51.6 Å². The Labute approximate surface area is 182 Å². The zero-order chi connectivity index (χ0) is 21.0. The minimum absolute atomic E-state index is 0.0444. The predicted molar refractivity (Wildman–Crippen MR) is 126 cm³/mol. The standard InChI is InChI=1S/C27H27N3O/c31-27(23-17-21-8-2-4-10-26(21)29-18-23)28-14-5-6-15-30-16-13-25-22(19-30)12-11-20-7-1-3-9-24(20)25/h1-4,7-12,17-18H,5-6,13-16,19H2,(H,28,31). The van der Waals surface area contributed by atoms with E-state index in [1.165, 1.54) is 21.9 Å². The van der Waals surface area contributed by atoms with Gasteiger partial charge in [-0.3, -0.25) is 14.7 Å². The molecular formula is C27H27N3O. The Morgan fingerprint density at radius 1 is 0.968 bits per heavy atom. The van der Waals surface area contributed by atoms with E-state index in [-0.39, 0.29) is 5.91 Å². The molecule has 1 N–H and O–H groups in total. The van der Waals surface area contributed by atoms with Gasteiger partial charge in [0.1, 0.15) is 0 Å². The molecule has 0 aliphatic carbocycles. The zero-order valence-corrected chi connectivity index (χ0v) is 17.7. The lowest BCUT2D eigenvalue weighted by Crippen LogP contribution is -2.32. The third-order valence-electron chi connectivity index (χ3n) is 6.25. The monoisotopic (exact) mass is 409 g/mol. The van der Waals surface area contributed by atoms with Crippen molar-refractivity contribution in [1.29, 1.82) is 0 Å². The van der Waals surface area contributed by atoms with E-state index < -0.39 is 0 Å². The minimum Gasteiger partial charge on any atom is -0.352 e. The first-order valence-corrected chi connectivity index (χ1v) is 11.1. The summed E-state index contributed by atoms with van der Waals surface area (Å²) in [7, 11) is 0. The second-order valence-electron chi connectivity index (χ2n) is 8.33. The summed E-state index contributed by atoms with van der Waals surface area (Å²) in [5.41, 5.74) is 4.52. The molecule has 4 nitrogen and oxygen atoms in total. The van der Waals surface area contributed by atoms with E-state index in [0.717, 1.165) is 49.8 Å². The molecule has 1 aromatic heterocycles. The highest BCUT2D eigenvalue weighted by Crippen LogP contribution is 2.27. The molecule has 0 saturated carbocycles. The normalized spacial score (nSPS) is 13.9. The molecule has 4 heteroatoms. The highest BCUT2D eigenvalue weighted by molar-refractivity contribution is 5.97. The van der Waals surface area contributed by atoms with Gasteiger partial charge in [0.15, 0.2) is 0 Å². The number of pyridine rings is 1. The lowest BCUT2D eigenvalue weighted by atomic mass is 9.93. The number of rotatable bonds is 6. The smallest absolute Gasteiger partial charge is 0.252 e. The molecular weight excluding hydrogens is 382 g/mol. The van der Waals surface area contributed by atoms with Crippen molar-refractivity contribution in [2.24, 2.45) is 0 Å². The van der Waals surface area contributed by atoms with Crippen molar-refractivity contribution < 1.29 is 4.79 Å². The summed E-state index contributed by atoms with van der Waals surface area (Å²) >= 11 is 0. The van der Waals surface area contributed by atoms with Gasteiger partial charge >= 0.3 is 0 Å². The number of carbonyl (C=O) groups excluding carboxylic acids is 1. The Kier molecular flexibility index (Phi) is 5.63. The van der Waals surface area contributed by atoms with Gasteiger partial charge in [0.25, 0.3) is 5.91 Å². The summed E-state index contributed by atoms with van der Waals surface area (Å²) in [4.78, 5) is 19.3. The molecule has 0 fully saturated rings. The molecule has 4 aromatic rings. The highest BCUT2D eigenvalue weighted by atomic mass is 16.1. The predicted octanol–water partition coefficient (Wildman–Crippen LogP) is 4.96. The average Bonchev–Trinajstić information content (AvgIpc) is 2.83. The first-order chi connectivity index (χ1) is 15.3. The summed E-state index contributed by atoms with van der Waals surface area (Å²) in [6, 6.07) is 23.0. The van der Waals surface area contributed by atoms with Gasteiger partial charge in [-0.1, -0.05) is 54.6 Å². The number of hydrogen-bond donors (Lipinski definition) is 1. The van der Waals surface area contributed by atoms with Crippen LogP contribution in [0.2, 0.25) is 0 Å². The molecule has 0 unspecified atom stereocenters. The topological polar surface area (TPSA) is 45.2 Å². The number of nitrogens with one attached hydrogen (secondary N) is 1. The van der Waals surface area contributed by atoms with E-state index in [1.54, 1.807) is 6.20 Å². The van der Waals surface area contributed by atoms with Crippen LogP contribution in [0.3, 0.4) is 0 Å². The van der Waals surface area contributed by atoms with Crippen molar-refractivity contribution in [3.8, 4) is 0 Å². The van der Waals surface area contributed by atoms with Crippen molar-refractivity contribution in [2.45, 2.75) is 25.8 Å². The number of fused-ring (bicyclic) bond motifs is 4. The van der Waals surface area contributed by atoms with E-state index in [1.807, 2.05) is 30.3 Å². The number of unbranched alkanes of at least 4 members (excludes halogenated alkanes) is 1. The summed E-state index contributed by atoms with van der Waals surface area (Å²) in [6.45, 7) is 3.89. The largest absolute Gasteiger partial charge is 0.352 e. The van der Waals surface area contributed by atoms with E-state index in [4.69, 9.17) is 0 Å². The summed E-state index contributed by atoms with van der Waals surface area (Å²) < 4.78 is 0. The van der Waals surface area contributed by atoms with E-state index >= 15 is 0 Å². The lowest BCUT2D eigenvalue weighted by Gasteiger charge is -2.29. The van der Waals surface area contributed by atoms with Crippen LogP contribution in [-0.4, -0.2) is 35.4 Å². The van der Waals surface area contributed by atoms with E-state index in [0.29, 0.717) is 12.1 Å². The molecule has 0 bridgehead atoms. The molecule has 156 valence electrons. The molecule has 1 amide bonds. The Morgan fingerprint density at radius 3 is 2.74 bits per heavy atom. The fraction of sp³-hybridized carbons (Fsp3) is 0.259. The van der Waals surface area contributed by atoms with Crippen LogP contribution in [0.15, 0.2) is 72.9 Å². The fourth-order valence-electron chi connectivity index (χ4n) is 4.56. The maximum absolute atomic E-state index is 12.4. The van der Waals surface area contributed by atoms with Gasteiger partial charge < -0.3 is 5.32 Å². The molecule has 1 aliphatic rings. The lowest BCUT2D eigenvalue weighted by molar-refractivity contribution is 0.0952. The molecule has 2 heterocycles. The number of para-hydroxylation sites is 1. The quantitative estimate of drug-likeness (QED) is 0.458. The van der Waals surface area contributed by atoms with Gasteiger partial charge in [0.2, 0.25) is 0 Å². The molecule has 3 aromatic carbocycles. The summed E-state index contributed by atoms with van der Waals surface area (Å²) in [6.07, 6.45) is 4.84. The average molecular weight is 410 g/mol. The second-order valence-corrected chi connectivity index (χ2v) is 8.33. The van der Waals surface area contributed by atoms with Crippen molar-refractivity contribution in [3.05, 3.63) is 89.6 Å². The number of benzene rings is 3. The Morgan fingerprint density at radius 2 is 1.81 bits per heavy atom. The van der Waals surface area contributed by atoms with Crippen LogP contribution < -0.4 is 5.32 Å². The number of aromatic nitrogens is 1. The summed E-state index contributed by atoms with van der Waals surface area (Å²) in [5.74, 6) is -0.0444. The zero-order valence-electron chi connectivity index (χ0n) is 17.7. The number of carbonyl (C=O) groups is 1. The summed E-state index contributed by atoms with van der Waals surface area (Å²) in [5, 5.41) is 6.78. The van der Waals surface area contributed by atoms with Crippen LogP contribution in [0.25, 0.3) is 21.7 Å². The highest BCUT2D eigenvalue weighted by Gasteiger charge is 2.17. The first-order valence-electron chi connectivity index (χ1n) is 11.1. The van der Waals surface area contributed by atoms with Crippen LogP contribution in [-0.2, 0) is 13.0 Å². The third kappa shape index (κ3) is 4.30. The molecule has 0 saturated heterocycles. The van der Waals surface area contributed by atoms with Gasteiger partial charge in [-0.2, -0.15) is 0 Å². The Balaban J connectivity index is 1.09. The van der Waals surface area contributed by atoms with Crippen LogP contribution in [0, 0.1) is 0 Å². The first kappa shape index (κ1) is 19.7. The molecule has 0 spiro atoms. The molecule has 0 atom stereocenters. The van der Waals surface area contributed by atoms with Gasteiger partial charge in [-0.05, 0) is 59.8 Å². The minimum atomic E-state index is -0.0444. The van der Waals surface area contributed by atoms with Gasteiger partial charge in [-0.25, -0.2) is 0 Å². The molecule has 1 aliphatic heterocycles. The number of amides is 1. The van der Waals surface area contributed by atoms with Crippen LogP contribution in [0.5, 0.6) is 0 Å². The second kappa shape index (κ2) is 8.86. The van der Waals surface area contributed by atoms with Gasteiger partial charge in [-0.15, -0.1) is 0 Å². The van der Waals surface area contributed by atoms with Crippen molar-refractivity contribution in [1.82, 2.24) is 15.2 Å². The SMILES string of the molecule is O=C(NCCCCN1CCc2c(ccc3ccccc23)C1)c1cnc2ccccc2c1. The van der Waals surface area contributed by atoms with Gasteiger partial charge in [0, 0.05) is 31.2 Å². The Bertz CT molecular complexity index is 1230. The third-order valence-corrected chi connectivity index (χ3v) is 6.25. The molecule has 0 radical (unpaired) electrons. The van der Waals surface area contributed by atoms with Crippen LogP contribution in [0.4, 0.5) is 0 Å². The van der Waals surface area contributed by atoms with Crippen molar-refractivity contribution in [2.75, 3.05) is 19.6 Å². The van der Waals surface area contributed by atoms with Crippen LogP contribution in [0.1, 0.15) is 34.3 Å².